The second-order valence-corrected chi connectivity index (χ2v) is 13.9. The SMILES string of the molecule is C=C(C)C(=O)OCCCc1ccc(-c2ccc(-c3ccc(OC(=O)C(=C)C)cc3)c(F)c2)cc1.OCCCc1ccc(-c2ccc(-c3ccc(O)cc3)c(F)c2)cc1. The molecule has 0 spiro atoms. The Balaban J connectivity index is 0.000000234. The zero-order chi connectivity index (χ0) is 41.6. The summed E-state index contributed by atoms with van der Waals surface area (Å²) in [5, 5.41) is 18.2. The van der Waals surface area contributed by atoms with Crippen LogP contribution in [0.1, 0.15) is 37.8 Å². The Labute approximate surface area is 338 Å². The van der Waals surface area contributed by atoms with E-state index >= 15 is 0 Å². The average molecular weight is 781 g/mol. The Hall–Kier alpha value is -6.64. The van der Waals surface area contributed by atoms with Crippen molar-refractivity contribution in [2.75, 3.05) is 13.2 Å². The number of benzene rings is 6. The number of hydrogen-bond acceptors (Lipinski definition) is 6. The van der Waals surface area contributed by atoms with Crippen LogP contribution in [0.4, 0.5) is 8.78 Å². The molecule has 0 atom stereocenters. The van der Waals surface area contributed by atoms with Gasteiger partial charge in [0.15, 0.2) is 0 Å². The van der Waals surface area contributed by atoms with Crippen molar-refractivity contribution < 1.29 is 38.1 Å². The van der Waals surface area contributed by atoms with Crippen LogP contribution in [0.3, 0.4) is 0 Å². The zero-order valence-electron chi connectivity index (χ0n) is 32.6. The van der Waals surface area contributed by atoms with Gasteiger partial charge < -0.3 is 19.7 Å². The fraction of sp³-hybridized carbons (Fsp3) is 0.160. The topological polar surface area (TPSA) is 93.1 Å². The largest absolute Gasteiger partial charge is 0.508 e. The van der Waals surface area contributed by atoms with Crippen LogP contribution in [-0.2, 0) is 27.2 Å². The van der Waals surface area contributed by atoms with Gasteiger partial charge in [-0.05, 0) is 120 Å². The molecule has 0 saturated heterocycles. The smallest absolute Gasteiger partial charge is 0.338 e. The first-order valence-corrected chi connectivity index (χ1v) is 18.9. The molecule has 2 N–H and O–H groups in total. The van der Waals surface area contributed by atoms with Gasteiger partial charge in [-0.25, -0.2) is 18.4 Å². The number of rotatable bonds is 14. The van der Waals surface area contributed by atoms with Crippen LogP contribution >= 0.6 is 0 Å². The quantitative estimate of drug-likeness (QED) is 0.0495. The van der Waals surface area contributed by atoms with Crippen molar-refractivity contribution >= 4 is 11.9 Å². The summed E-state index contributed by atoms with van der Waals surface area (Å²) < 4.78 is 39.7. The summed E-state index contributed by atoms with van der Waals surface area (Å²) in [7, 11) is 0. The fourth-order valence-electron chi connectivity index (χ4n) is 5.97. The maximum atomic E-state index is 14.9. The van der Waals surface area contributed by atoms with Gasteiger partial charge >= 0.3 is 11.9 Å². The predicted octanol–water partition coefficient (Wildman–Crippen LogP) is 11.5. The van der Waals surface area contributed by atoms with Crippen LogP contribution in [0.15, 0.2) is 158 Å². The van der Waals surface area contributed by atoms with Crippen LogP contribution in [0.5, 0.6) is 11.5 Å². The highest BCUT2D eigenvalue weighted by atomic mass is 19.1. The molecule has 58 heavy (non-hydrogen) atoms. The van der Waals surface area contributed by atoms with Crippen molar-refractivity contribution in [3.8, 4) is 56.0 Å². The molecule has 0 aromatic heterocycles. The highest BCUT2D eigenvalue weighted by Crippen LogP contribution is 2.31. The van der Waals surface area contributed by atoms with Crippen LogP contribution in [-0.4, -0.2) is 35.4 Å². The number of hydrogen-bond donors (Lipinski definition) is 2. The Morgan fingerprint density at radius 3 is 1.40 bits per heavy atom. The van der Waals surface area contributed by atoms with Crippen LogP contribution in [0.25, 0.3) is 44.5 Å². The van der Waals surface area contributed by atoms with Gasteiger partial charge in [-0.3, -0.25) is 0 Å². The van der Waals surface area contributed by atoms with Gasteiger partial charge in [0.1, 0.15) is 23.1 Å². The third-order valence-electron chi connectivity index (χ3n) is 9.23. The first kappa shape index (κ1) is 42.5. The molecule has 0 aliphatic heterocycles. The molecule has 0 fully saturated rings. The maximum absolute atomic E-state index is 14.9. The lowest BCUT2D eigenvalue weighted by Gasteiger charge is -2.09. The van der Waals surface area contributed by atoms with Crippen LogP contribution < -0.4 is 4.74 Å². The number of ether oxygens (including phenoxy) is 2. The lowest BCUT2D eigenvalue weighted by atomic mass is 9.98. The summed E-state index contributed by atoms with van der Waals surface area (Å²) in [5.74, 6) is -0.960. The van der Waals surface area contributed by atoms with E-state index in [0.29, 0.717) is 46.6 Å². The van der Waals surface area contributed by atoms with Crippen molar-refractivity contribution in [3.63, 3.8) is 0 Å². The third-order valence-corrected chi connectivity index (χ3v) is 9.23. The predicted molar refractivity (Wildman–Crippen MR) is 226 cm³/mol. The first-order chi connectivity index (χ1) is 27.9. The first-order valence-electron chi connectivity index (χ1n) is 18.9. The van der Waals surface area contributed by atoms with Gasteiger partial charge in [0, 0.05) is 28.9 Å². The molecule has 0 radical (unpaired) electrons. The number of aliphatic hydroxyl groups is 1. The normalized spacial score (nSPS) is 10.6. The molecular weight excluding hydrogens is 735 g/mol. The van der Waals surface area contributed by atoms with Crippen LogP contribution in [0, 0.1) is 11.6 Å². The molecule has 0 aliphatic rings. The number of phenolic OH excluding ortho intramolecular Hbond substituents is 1. The molecule has 0 heterocycles. The number of carbonyl (C=O) groups excluding carboxylic acids is 2. The highest BCUT2D eigenvalue weighted by Gasteiger charge is 2.11. The molecule has 0 aliphatic carbocycles. The molecule has 0 bridgehead atoms. The molecule has 0 unspecified atom stereocenters. The molecule has 8 heteroatoms. The minimum Gasteiger partial charge on any atom is -0.508 e. The number of aromatic hydroxyl groups is 1. The number of phenols is 1. The van der Waals surface area contributed by atoms with Gasteiger partial charge in [-0.15, -0.1) is 0 Å². The van der Waals surface area contributed by atoms with E-state index in [1.165, 1.54) is 12.1 Å². The maximum Gasteiger partial charge on any atom is 0.338 e. The molecule has 6 nitrogen and oxygen atoms in total. The number of halogens is 2. The van der Waals surface area contributed by atoms with Crippen molar-refractivity contribution in [2.24, 2.45) is 0 Å². The van der Waals surface area contributed by atoms with E-state index in [0.717, 1.165) is 58.2 Å². The monoisotopic (exact) mass is 780 g/mol. The summed E-state index contributed by atoms with van der Waals surface area (Å²) in [6, 6.07) is 39.3. The van der Waals surface area contributed by atoms with E-state index in [-0.39, 0.29) is 30.0 Å². The molecule has 6 rings (SSSR count). The molecule has 6 aromatic rings. The molecule has 0 amide bonds. The minimum atomic E-state index is -0.500. The van der Waals surface area contributed by atoms with Gasteiger partial charge in [0.2, 0.25) is 0 Å². The van der Waals surface area contributed by atoms with Gasteiger partial charge in [-0.2, -0.15) is 0 Å². The fourth-order valence-corrected chi connectivity index (χ4v) is 5.97. The minimum absolute atomic E-state index is 0.164. The summed E-state index contributed by atoms with van der Waals surface area (Å²) in [4.78, 5) is 23.0. The zero-order valence-corrected chi connectivity index (χ0v) is 32.6. The summed E-state index contributed by atoms with van der Waals surface area (Å²) in [6.45, 7) is 10.8. The average Bonchev–Trinajstić information content (AvgIpc) is 3.23. The lowest BCUT2D eigenvalue weighted by Crippen LogP contribution is -2.07. The molecule has 6 aromatic carbocycles. The Morgan fingerprint density at radius 2 is 0.966 bits per heavy atom. The molecule has 0 saturated carbocycles. The van der Waals surface area contributed by atoms with E-state index in [2.05, 4.69) is 13.2 Å². The third kappa shape index (κ3) is 11.9. The Bertz CT molecular complexity index is 2350. The molecular formula is C50H46F2O6. The second-order valence-electron chi connectivity index (χ2n) is 13.9. The van der Waals surface area contributed by atoms with Gasteiger partial charge in [0.25, 0.3) is 0 Å². The van der Waals surface area contributed by atoms with Gasteiger partial charge in [0.05, 0.1) is 6.61 Å². The van der Waals surface area contributed by atoms with Crippen molar-refractivity contribution in [1.82, 2.24) is 0 Å². The Morgan fingerprint density at radius 1 is 0.552 bits per heavy atom. The van der Waals surface area contributed by atoms with E-state index < -0.39 is 5.97 Å². The number of aliphatic hydroxyl groups excluding tert-OH is 1. The van der Waals surface area contributed by atoms with E-state index in [9.17, 15) is 23.5 Å². The summed E-state index contributed by atoms with van der Waals surface area (Å²) >= 11 is 0. The van der Waals surface area contributed by atoms with Gasteiger partial charge in [-0.1, -0.05) is 110 Å². The number of carbonyl (C=O) groups is 2. The summed E-state index contributed by atoms with van der Waals surface area (Å²) in [6.07, 6.45) is 3.07. The highest BCUT2D eigenvalue weighted by molar-refractivity contribution is 5.89. The second kappa shape index (κ2) is 20.5. The lowest BCUT2D eigenvalue weighted by molar-refractivity contribution is -0.139. The van der Waals surface area contributed by atoms with Crippen molar-refractivity contribution in [1.29, 1.82) is 0 Å². The number of esters is 2. The Kier molecular flexibility index (Phi) is 15.0. The number of aryl methyl sites for hydroxylation is 2. The van der Waals surface area contributed by atoms with E-state index in [1.807, 2.05) is 60.7 Å². The van der Waals surface area contributed by atoms with Crippen molar-refractivity contribution in [2.45, 2.75) is 39.5 Å². The molecule has 296 valence electrons. The van der Waals surface area contributed by atoms with E-state index in [4.69, 9.17) is 14.6 Å². The van der Waals surface area contributed by atoms with E-state index in [1.54, 1.807) is 74.5 Å². The van der Waals surface area contributed by atoms with Crippen LogP contribution in [0.2, 0.25) is 0 Å². The standard InChI is InChI=1S/C29H27FO4.C21H19FO2/c1-19(2)28(31)33-17-5-6-21-7-9-22(10-8-21)24-13-16-26(27(30)18-24)23-11-14-25(15-12-23)34-29(32)20(3)4;22-21-14-18(16-5-3-15(4-6-16)2-1-13-23)9-12-20(21)17-7-10-19(24)11-8-17/h7-16,18H,1,3,5-6,17H2,2,4H3;3-12,14,23-24H,1-2,13H2. The van der Waals surface area contributed by atoms with Crippen molar-refractivity contribution in [3.05, 3.63) is 181 Å². The summed E-state index contributed by atoms with van der Waals surface area (Å²) in [5.41, 5.74) is 8.82.